The number of hydrogen-bond donors (Lipinski definition) is 1. The van der Waals surface area contributed by atoms with E-state index >= 15 is 0 Å². The molecular weight excluding hydrogens is 242 g/mol. The molecule has 1 aromatic carbocycles. The predicted molar refractivity (Wildman–Crippen MR) is 69.9 cm³/mol. The predicted octanol–water partition coefficient (Wildman–Crippen LogP) is 0.827. The standard InChI is InChI=1S/C14H17N3O2/c15-7-6-12(11-4-2-1-3-5-11)17-8-9-19-10-13(17)14(16)18/h1-5,12-13H,6,8-10H2,(H2,16,18). The molecule has 1 saturated heterocycles. The van der Waals surface area contributed by atoms with Gasteiger partial charge in [-0.3, -0.25) is 9.69 Å². The zero-order valence-corrected chi connectivity index (χ0v) is 10.7. The van der Waals surface area contributed by atoms with Crippen LogP contribution in [0.25, 0.3) is 0 Å². The molecule has 2 unspecified atom stereocenters. The SMILES string of the molecule is N#CCC(c1ccccc1)N1CCOCC1C(N)=O. The normalized spacial score (nSPS) is 21.5. The molecule has 5 heteroatoms. The van der Waals surface area contributed by atoms with E-state index in [0.717, 1.165) is 5.56 Å². The fraction of sp³-hybridized carbons (Fsp3) is 0.429. The van der Waals surface area contributed by atoms with E-state index in [9.17, 15) is 4.79 Å². The van der Waals surface area contributed by atoms with Crippen LogP contribution in [0.3, 0.4) is 0 Å². The van der Waals surface area contributed by atoms with Crippen molar-refractivity contribution in [2.75, 3.05) is 19.8 Å². The molecule has 0 aromatic heterocycles. The molecule has 19 heavy (non-hydrogen) atoms. The molecule has 0 saturated carbocycles. The summed E-state index contributed by atoms with van der Waals surface area (Å²) in [6.07, 6.45) is 0.327. The molecule has 2 N–H and O–H groups in total. The molecule has 100 valence electrons. The van der Waals surface area contributed by atoms with Crippen molar-refractivity contribution < 1.29 is 9.53 Å². The number of amides is 1. The van der Waals surface area contributed by atoms with E-state index in [1.165, 1.54) is 0 Å². The molecule has 0 aliphatic carbocycles. The maximum absolute atomic E-state index is 11.5. The van der Waals surface area contributed by atoms with Crippen LogP contribution >= 0.6 is 0 Å². The first kappa shape index (κ1) is 13.5. The number of carbonyl (C=O) groups is 1. The van der Waals surface area contributed by atoms with E-state index < -0.39 is 11.9 Å². The van der Waals surface area contributed by atoms with E-state index in [-0.39, 0.29) is 6.04 Å². The molecule has 2 rings (SSSR count). The number of rotatable bonds is 4. The average molecular weight is 259 g/mol. The maximum Gasteiger partial charge on any atom is 0.237 e. The molecule has 1 fully saturated rings. The van der Waals surface area contributed by atoms with E-state index in [1.54, 1.807) is 0 Å². The van der Waals surface area contributed by atoms with Gasteiger partial charge < -0.3 is 10.5 Å². The molecular formula is C14H17N3O2. The highest BCUT2D eigenvalue weighted by Crippen LogP contribution is 2.27. The van der Waals surface area contributed by atoms with Crippen LogP contribution in [0.1, 0.15) is 18.0 Å². The highest BCUT2D eigenvalue weighted by atomic mass is 16.5. The van der Waals surface area contributed by atoms with Gasteiger partial charge in [0.1, 0.15) is 6.04 Å². The van der Waals surface area contributed by atoms with Crippen molar-refractivity contribution in [3.8, 4) is 6.07 Å². The number of nitriles is 1. The summed E-state index contributed by atoms with van der Waals surface area (Å²) in [4.78, 5) is 13.5. The summed E-state index contributed by atoms with van der Waals surface area (Å²) in [6.45, 7) is 1.46. The lowest BCUT2D eigenvalue weighted by atomic mass is 10.00. The summed E-state index contributed by atoms with van der Waals surface area (Å²) in [6, 6.07) is 11.3. The first-order chi connectivity index (χ1) is 9.24. The van der Waals surface area contributed by atoms with E-state index in [2.05, 4.69) is 6.07 Å². The summed E-state index contributed by atoms with van der Waals surface area (Å²) in [5.41, 5.74) is 6.45. The van der Waals surface area contributed by atoms with Gasteiger partial charge in [0.15, 0.2) is 0 Å². The minimum atomic E-state index is -0.465. The Morgan fingerprint density at radius 2 is 2.26 bits per heavy atom. The van der Waals surface area contributed by atoms with Crippen LogP contribution in [0.5, 0.6) is 0 Å². The van der Waals surface area contributed by atoms with Gasteiger partial charge in [0.05, 0.1) is 25.7 Å². The highest BCUT2D eigenvalue weighted by molar-refractivity contribution is 5.80. The van der Waals surface area contributed by atoms with Crippen LogP contribution in [0.15, 0.2) is 30.3 Å². The Balaban J connectivity index is 2.27. The molecule has 2 atom stereocenters. The van der Waals surface area contributed by atoms with Gasteiger partial charge >= 0.3 is 0 Å². The zero-order chi connectivity index (χ0) is 13.7. The Hall–Kier alpha value is -1.90. The second-order valence-electron chi connectivity index (χ2n) is 4.52. The average Bonchev–Trinajstić information content (AvgIpc) is 2.45. The number of primary amides is 1. The number of ether oxygens (including phenoxy) is 1. The fourth-order valence-electron chi connectivity index (χ4n) is 2.42. The van der Waals surface area contributed by atoms with Crippen molar-refractivity contribution >= 4 is 5.91 Å². The minimum Gasteiger partial charge on any atom is -0.378 e. The summed E-state index contributed by atoms with van der Waals surface area (Å²) in [7, 11) is 0. The molecule has 1 heterocycles. The van der Waals surface area contributed by atoms with Gasteiger partial charge in [-0.25, -0.2) is 0 Å². The van der Waals surface area contributed by atoms with E-state index in [1.807, 2.05) is 35.2 Å². The molecule has 1 aliphatic rings. The quantitative estimate of drug-likeness (QED) is 0.868. The van der Waals surface area contributed by atoms with Gasteiger partial charge in [0, 0.05) is 12.6 Å². The van der Waals surface area contributed by atoms with Crippen molar-refractivity contribution in [3.05, 3.63) is 35.9 Å². The molecule has 1 aliphatic heterocycles. The van der Waals surface area contributed by atoms with Gasteiger partial charge in [0.25, 0.3) is 0 Å². The first-order valence-electron chi connectivity index (χ1n) is 6.28. The van der Waals surface area contributed by atoms with E-state index in [0.29, 0.717) is 26.2 Å². The molecule has 1 aromatic rings. The van der Waals surface area contributed by atoms with E-state index in [4.69, 9.17) is 15.7 Å². The van der Waals surface area contributed by atoms with Crippen LogP contribution in [0, 0.1) is 11.3 Å². The molecule has 0 radical (unpaired) electrons. The number of nitrogens with two attached hydrogens (primary N) is 1. The third-order valence-electron chi connectivity index (χ3n) is 3.37. The van der Waals surface area contributed by atoms with Crippen molar-refractivity contribution in [1.29, 1.82) is 5.26 Å². The number of hydrogen-bond acceptors (Lipinski definition) is 4. The maximum atomic E-state index is 11.5. The second kappa shape index (κ2) is 6.32. The first-order valence-corrected chi connectivity index (χ1v) is 6.28. The third kappa shape index (κ3) is 3.11. The monoisotopic (exact) mass is 259 g/mol. The Morgan fingerprint density at radius 3 is 2.89 bits per heavy atom. The number of carbonyl (C=O) groups excluding carboxylic acids is 1. The summed E-state index contributed by atoms with van der Waals surface area (Å²) in [5.74, 6) is -0.404. The molecule has 0 bridgehead atoms. The Labute approximate surface area is 112 Å². The highest BCUT2D eigenvalue weighted by Gasteiger charge is 2.33. The molecule has 1 amide bonds. The van der Waals surface area contributed by atoms with Gasteiger partial charge in [-0.15, -0.1) is 0 Å². The van der Waals surface area contributed by atoms with Gasteiger partial charge in [-0.1, -0.05) is 30.3 Å². The van der Waals surface area contributed by atoms with Crippen LogP contribution in [0.2, 0.25) is 0 Å². The topological polar surface area (TPSA) is 79.3 Å². The van der Waals surface area contributed by atoms with Crippen molar-refractivity contribution in [3.63, 3.8) is 0 Å². The van der Waals surface area contributed by atoms with Crippen LogP contribution in [-0.2, 0) is 9.53 Å². The summed E-state index contributed by atoms with van der Waals surface area (Å²) in [5, 5.41) is 9.03. The minimum absolute atomic E-state index is 0.118. The van der Waals surface area contributed by atoms with Crippen LogP contribution in [0.4, 0.5) is 0 Å². The Bertz CT molecular complexity index is 469. The number of benzene rings is 1. The smallest absolute Gasteiger partial charge is 0.237 e. The van der Waals surface area contributed by atoms with Crippen molar-refractivity contribution in [2.45, 2.75) is 18.5 Å². The van der Waals surface area contributed by atoms with Gasteiger partial charge in [-0.05, 0) is 5.56 Å². The Kier molecular flexibility index (Phi) is 4.50. The molecule has 0 spiro atoms. The summed E-state index contributed by atoms with van der Waals surface area (Å²) < 4.78 is 5.31. The Morgan fingerprint density at radius 1 is 1.53 bits per heavy atom. The number of nitrogens with zero attached hydrogens (tertiary/aromatic N) is 2. The van der Waals surface area contributed by atoms with Crippen molar-refractivity contribution in [2.24, 2.45) is 5.73 Å². The third-order valence-corrected chi connectivity index (χ3v) is 3.37. The zero-order valence-electron chi connectivity index (χ0n) is 10.7. The van der Waals surface area contributed by atoms with Gasteiger partial charge in [-0.2, -0.15) is 5.26 Å². The lowest BCUT2D eigenvalue weighted by Gasteiger charge is -2.38. The van der Waals surface area contributed by atoms with Crippen molar-refractivity contribution in [1.82, 2.24) is 4.90 Å². The largest absolute Gasteiger partial charge is 0.378 e. The summed E-state index contributed by atoms with van der Waals surface area (Å²) >= 11 is 0. The lowest BCUT2D eigenvalue weighted by molar-refractivity contribution is -0.131. The van der Waals surface area contributed by atoms with Crippen LogP contribution in [-0.4, -0.2) is 36.6 Å². The van der Waals surface area contributed by atoms with Crippen LogP contribution < -0.4 is 5.73 Å². The fourth-order valence-corrected chi connectivity index (χ4v) is 2.42. The molecule has 5 nitrogen and oxygen atoms in total. The van der Waals surface area contributed by atoms with Gasteiger partial charge in [0.2, 0.25) is 5.91 Å². The number of morpholine rings is 1. The second-order valence-corrected chi connectivity index (χ2v) is 4.52. The lowest BCUT2D eigenvalue weighted by Crippen LogP contribution is -2.53.